The van der Waals surface area contributed by atoms with Crippen molar-refractivity contribution in [1.82, 2.24) is 14.9 Å². The van der Waals surface area contributed by atoms with Crippen molar-refractivity contribution in [3.05, 3.63) is 52.9 Å². The fourth-order valence-corrected chi connectivity index (χ4v) is 2.86. The highest BCUT2D eigenvalue weighted by atomic mass is 35.5. The maximum Gasteiger partial charge on any atom is 0.254 e. The van der Waals surface area contributed by atoms with Gasteiger partial charge in [-0.15, -0.1) is 0 Å². The highest BCUT2D eigenvalue weighted by Crippen LogP contribution is 2.20. The maximum absolute atomic E-state index is 12.6. The van der Waals surface area contributed by atoms with Gasteiger partial charge in [0.05, 0.1) is 6.54 Å². The molecule has 0 bridgehead atoms. The first-order valence-electron chi connectivity index (χ1n) is 7.60. The fourth-order valence-electron chi connectivity index (χ4n) is 2.67. The van der Waals surface area contributed by atoms with Crippen molar-refractivity contribution in [3.63, 3.8) is 0 Å². The van der Waals surface area contributed by atoms with Gasteiger partial charge in [-0.3, -0.25) is 4.79 Å². The molecule has 2 heterocycles. The molecule has 122 valence electrons. The van der Waals surface area contributed by atoms with E-state index in [0.29, 0.717) is 23.7 Å². The SMILES string of the molecule is N#Cc1nccnc1OC1CCCN(C(=O)c2cccc(Cl)c2)C1. The zero-order valence-corrected chi connectivity index (χ0v) is 13.6. The van der Waals surface area contributed by atoms with Crippen molar-refractivity contribution >= 4 is 17.5 Å². The van der Waals surface area contributed by atoms with Crippen LogP contribution in [-0.2, 0) is 0 Å². The van der Waals surface area contributed by atoms with Crippen LogP contribution in [0.2, 0.25) is 5.02 Å². The maximum atomic E-state index is 12.6. The van der Waals surface area contributed by atoms with Crippen LogP contribution in [0.1, 0.15) is 28.9 Å². The summed E-state index contributed by atoms with van der Waals surface area (Å²) < 4.78 is 5.80. The highest BCUT2D eigenvalue weighted by Gasteiger charge is 2.26. The molecule has 1 saturated heterocycles. The Morgan fingerprint density at radius 2 is 2.21 bits per heavy atom. The first-order chi connectivity index (χ1) is 11.7. The van der Waals surface area contributed by atoms with Crippen molar-refractivity contribution in [2.75, 3.05) is 13.1 Å². The predicted molar refractivity (Wildman–Crippen MR) is 87.8 cm³/mol. The number of hydrogen-bond donors (Lipinski definition) is 0. The topological polar surface area (TPSA) is 79.1 Å². The third kappa shape index (κ3) is 3.63. The van der Waals surface area contributed by atoms with Crippen LogP contribution in [0.15, 0.2) is 36.7 Å². The lowest BCUT2D eigenvalue weighted by molar-refractivity contribution is 0.0526. The molecular weight excluding hydrogens is 328 g/mol. The van der Waals surface area contributed by atoms with E-state index in [0.717, 1.165) is 12.8 Å². The van der Waals surface area contributed by atoms with Crippen LogP contribution in [0, 0.1) is 11.3 Å². The molecule has 0 spiro atoms. The molecule has 1 fully saturated rings. The van der Waals surface area contributed by atoms with Gasteiger partial charge in [0.25, 0.3) is 11.8 Å². The molecule has 6 nitrogen and oxygen atoms in total. The lowest BCUT2D eigenvalue weighted by atomic mass is 10.1. The number of benzene rings is 1. The average Bonchev–Trinajstić information content (AvgIpc) is 2.62. The monoisotopic (exact) mass is 342 g/mol. The number of rotatable bonds is 3. The standard InChI is InChI=1S/C17H15ClN4O2/c18-13-4-1-3-12(9-13)17(23)22-8-2-5-14(11-22)24-16-15(10-19)20-6-7-21-16/h1,3-4,6-7,9,14H,2,5,8,11H2. The number of amides is 1. The summed E-state index contributed by atoms with van der Waals surface area (Å²) in [6.07, 6.45) is 4.32. The Morgan fingerprint density at radius 3 is 3.00 bits per heavy atom. The van der Waals surface area contributed by atoms with Gasteiger partial charge in [-0.2, -0.15) is 5.26 Å². The molecule has 1 aromatic carbocycles. The smallest absolute Gasteiger partial charge is 0.254 e. The highest BCUT2D eigenvalue weighted by molar-refractivity contribution is 6.30. The van der Waals surface area contributed by atoms with Gasteiger partial charge in [0.15, 0.2) is 0 Å². The van der Waals surface area contributed by atoms with Gasteiger partial charge in [-0.25, -0.2) is 9.97 Å². The van der Waals surface area contributed by atoms with E-state index in [4.69, 9.17) is 21.6 Å². The molecule has 1 atom stereocenters. The van der Waals surface area contributed by atoms with Crippen molar-refractivity contribution in [2.24, 2.45) is 0 Å². The molecule has 1 aromatic heterocycles. The molecule has 0 N–H and O–H groups in total. The summed E-state index contributed by atoms with van der Waals surface area (Å²) in [5.41, 5.74) is 0.705. The van der Waals surface area contributed by atoms with Crippen LogP contribution in [0.4, 0.5) is 0 Å². The van der Waals surface area contributed by atoms with E-state index in [1.54, 1.807) is 29.2 Å². The van der Waals surface area contributed by atoms with Gasteiger partial charge >= 0.3 is 0 Å². The van der Waals surface area contributed by atoms with Crippen LogP contribution >= 0.6 is 11.6 Å². The zero-order chi connectivity index (χ0) is 16.9. The van der Waals surface area contributed by atoms with E-state index in [1.165, 1.54) is 12.4 Å². The summed E-state index contributed by atoms with van der Waals surface area (Å²) in [5.74, 6) is 0.132. The summed E-state index contributed by atoms with van der Waals surface area (Å²) in [4.78, 5) is 22.3. The van der Waals surface area contributed by atoms with Crippen LogP contribution in [0.5, 0.6) is 5.88 Å². The van der Waals surface area contributed by atoms with E-state index >= 15 is 0 Å². The number of hydrogen-bond acceptors (Lipinski definition) is 5. The van der Waals surface area contributed by atoms with Gasteiger partial charge in [0, 0.05) is 29.5 Å². The molecule has 3 rings (SSSR count). The molecule has 1 aliphatic heterocycles. The summed E-state index contributed by atoms with van der Waals surface area (Å²) in [7, 11) is 0. The number of likely N-dealkylation sites (tertiary alicyclic amines) is 1. The molecule has 0 aliphatic carbocycles. The number of nitrogens with zero attached hydrogens (tertiary/aromatic N) is 4. The van der Waals surface area contributed by atoms with E-state index in [2.05, 4.69) is 9.97 Å². The van der Waals surface area contributed by atoms with E-state index in [-0.39, 0.29) is 23.6 Å². The average molecular weight is 343 g/mol. The minimum Gasteiger partial charge on any atom is -0.470 e. The van der Waals surface area contributed by atoms with Gasteiger partial charge in [-0.1, -0.05) is 17.7 Å². The van der Waals surface area contributed by atoms with E-state index < -0.39 is 0 Å². The van der Waals surface area contributed by atoms with E-state index in [9.17, 15) is 4.79 Å². The predicted octanol–water partition coefficient (Wildman–Crippen LogP) is 2.69. The fraction of sp³-hybridized carbons (Fsp3) is 0.294. The largest absolute Gasteiger partial charge is 0.470 e. The Kier molecular flexibility index (Phi) is 4.92. The Morgan fingerprint density at radius 1 is 1.38 bits per heavy atom. The molecular formula is C17H15ClN4O2. The Bertz CT molecular complexity index is 790. The van der Waals surface area contributed by atoms with Crippen molar-refractivity contribution in [3.8, 4) is 11.9 Å². The number of piperidine rings is 1. The molecule has 2 aromatic rings. The van der Waals surface area contributed by atoms with E-state index in [1.807, 2.05) is 6.07 Å². The Labute approximate surface area is 144 Å². The molecule has 0 saturated carbocycles. The number of carbonyl (C=O) groups is 1. The van der Waals surface area contributed by atoms with Crippen LogP contribution in [0.25, 0.3) is 0 Å². The number of aromatic nitrogens is 2. The second kappa shape index (κ2) is 7.28. The summed E-state index contributed by atoms with van der Waals surface area (Å²) in [5, 5.41) is 9.58. The third-order valence-corrected chi connectivity index (χ3v) is 4.02. The molecule has 1 unspecified atom stereocenters. The van der Waals surface area contributed by atoms with Crippen LogP contribution < -0.4 is 4.74 Å². The number of halogens is 1. The minimum atomic E-state index is -0.217. The van der Waals surface area contributed by atoms with Gasteiger partial charge < -0.3 is 9.64 Å². The van der Waals surface area contributed by atoms with Crippen molar-refractivity contribution in [1.29, 1.82) is 5.26 Å². The van der Waals surface area contributed by atoms with Gasteiger partial charge in [0.2, 0.25) is 5.69 Å². The summed E-state index contributed by atoms with van der Waals surface area (Å²) in [6, 6.07) is 8.85. The number of ether oxygens (including phenoxy) is 1. The molecule has 1 aliphatic rings. The minimum absolute atomic E-state index is 0.0783. The molecule has 1 amide bonds. The zero-order valence-electron chi connectivity index (χ0n) is 12.9. The lowest BCUT2D eigenvalue weighted by Gasteiger charge is -2.32. The molecule has 0 radical (unpaired) electrons. The Balaban J connectivity index is 1.70. The molecule has 24 heavy (non-hydrogen) atoms. The van der Waals surface area contributed by atoms with Crippen molar-refractivity contribution in [2.45, 2.75) is 18.9 Å². The van der Waals surface area contributed by atoms with Gasteiger partial charge in [-0.05, 0) is 31.0 Å². The third-order valence-electron chi connectivity index (χ3n) is 3.79. The lowest BCUT2D eigenvalue weighted by Crippen LogP contribution is -2.44. The van der Waals surface area contributed by atoms with Crippen molar-refractivity contribution < 1.29 is 9.53 Å². The normalized spacial score (nSPS) is 17.2. The van der Waals surface area contributed by atoms with Gasteiger partial charge in [0.1, 0.15) is 12.2 Å². The Hall–Kier alpha value is -2.65. The first-order valence-corrected chi connectivity index (χ1v) is 7.98. The van der Waals surface area contributed by atoms with Crippen LogP contribution in [0.3, 0.4) is 0 Å². The molecule has 7 heteroatoms. The first kappa shape index (κ1) is 16.2. The second-order valence-corrected chi connectivity index (χ2v) is 5.90. The summed E-state index contributed by atoms with van der Waals surface area (Å²) in [6.45, 7) is 1.10. The number of nitriles is 1. The number of carbonyl (C=O) groups excluding carboxylic acids is 1. The quantitative estimate of drug-likeness (QED) is 0.856. The summed E-state index contributed by atoms with van der Waals surface area (Å²) >= 11 is 5.96. The second-order valence-electron chi connectivity index (χ2n) is 5.47. The van der Waals surface area contributed by atoms with Crippen LogP contribution in [-0.4, -0.2) is 40.0 Å².